The molecule has 0 spiro atoms. The number of carbonyl (C=O) groups is 2. The zero-order valence-corrected chi connectivity index (χ0v) is 13.6. The lowest BCUT2D eigenvalue weighted by Gasteiger charge is -2.18. The van der Waals surface area contributed by atoms with E-state index in [2.05, 4.69) is 17.4 Å². The van der Waals surface area contributed by atoms with Crippen LogP contribution in [-0.2, 0) is 20.9 Å². The minimum absolute atomic E-state index is 0.0197. The molecular weight excluding hydrogens is 292 g/mol. The maximum absolute atomic E-state index is 12.4. The van der Waals surface area contributed by atoms with Gasteiger partial charge in [-0.1, -0.05) is 29.8 Å². The zero-order chi connectivity index (χ0) is 16.2. The average molecular weight is 316 g/mol. The first-order valence-corrected chi connectivity index (χ1v) is 8.37. The maximum Gasteiger partial charge on any atom is 0.245 e. The Labute approximate surface area is 137 Å². The van der Waals surface area contributed by atoms with Crippen LogP contribution in [0.15, 0.2) is 24.3 Å². The molecule has 23 heavy (non-hydrogen) atoms. The molecule has 0 aromatic heterocycles. The van der Waals surface area contributed by atoms with Crippen molar-refractivity contribution in [2.45, 2.75) is 51.3 Å². The smallest absolute Gasteiger partial charge is 0.245 e. The molecule has 1 N–H and O–H groups in total. The van der Waals surface area contributed by atoms with Gasteiger partial charge in [0.2, 0.25) is 11.8 Å². The van der Waals surface area contributed by atoms with E-state index in [0.717, 1.165) is 25.0 Å². The van der Waals surface area contributed by atoms with Gasteiger partial charge in [-0.05, 0) is 31.7 Å². The largest absolute Gasteiger partial charge is 0.378 e. The number of nitrogens with one attached hydrogen (secondary N) is 1. The number of carbonyl (C=O) groups excluding carboxylic acids is 2. The van der Waals surface area contributed by atoms with Gasteiger partial charge in [-0.3, -0.25) is 9.59 Å². The second-order valence-electron chi connectivity index (χ2n) is 6.49. The SMILES string of the molecule is Cc1ccc(CN2CC[C@@H](NC(=O)C[C@H]3CCCO3)C2=O)cc1. The summed E-state index contributed by atoms with van der Waals surface area (Å²) >= 11 is 0. The van der Waals surface area contributed by atoms with Gasteiger partial charge in [0, 0.05) is 19.7 Å². The topological polar surface area (TPSA) is 58.6 Å². The van der Waals surface area contributed by atoms with Crippen molar-refractivity contribution < 1.29 is 14.3 Å². The van der Waals surface area contributed by atoms with Crippen molar-refractivity contribution in [1.29, 1.82) is 0 Å². The number of aryl methyl sites for hydroxylation is 1. The fraction of sp³-hybridized carbons (Fsp3) is 0.556. The molecule has 1 aromatic carbocycles. The van der Waals surface area contributed by atoms with Crippen LogP contribution in [0.2, 0.25) is 0 Å². The van der Waals surface area contributed by atoms with E-state index in [4.69, 9.17) is 4.74 Å². The Hall–Kier alpha value is -1.88. The van der Waals surface area contributed by atoms with Crippen LogP contribution in [0.1, 0.15) is 36.8 Å². The summed E-state index contributed by atoms with van der Waals surface area (Å²) in [5.74, 6) is -0.0568. The number of benzene rings is 1. The summed E-state index contributed by atoms with van der Waals surface area (Å²) < 4.78 is 5.47. The van der Waals surface area contributed by atoms with Crippen molar-refractivity contribution in [3.05, 3.63) is 35.4 Å². The Morgan fingerprint density at radius 3 is 2.78 bits per heavy atom. The van der Waals surface area contributed by atoms with Crippen molar-refractivity contribution in [2.75, 3.05) is 13.2 Å². The molecular formula is C18H24N2O3. The van der Waals surface area contributed by atoms with E-state index in [1.165, 1.54) is 5.56 Å². The lowest BCUT2D eigenvalue weighted by Crippen LogP contribution is -2.42. The summed E-state index contributed by atoms with van der Waals surface area (Å²) in [6.45, 7) is 4.09. The standard InChI is InChI=1S/C18H24N2O3/c1-13-4-6-14(7-5-13)12-20-9-8-16(18(20)22)19-17(21)11-15-3-2-10-23-15/h4-7,15-16H,2-3,8-12H2,1H3,(H,19,21)/t15-,16-/m1/s1. The van der Waals surface area contributed by atoms with Gasteiger partial charge < -0.3 is 15.0 Å². The molecule has 2 atom stereocenters. The highest BCUT2D eigenvalue weighted by atomic mass is 16.5. The Morgan fingerprint density at radius 2 is 2.09 bits per heavy atom. The van der Waals surface area contributed by atoms with Crippen LogP contribution in [0.4, 0.5) is 0 Å². The second kappa shape index (κ2) is 7.13. The number of hydrogen-bond donors (Lipinski definition) is 1. The highest BCUT2D eigenvalue weighted by Gasteiger charge is 2.33. The van der Waals surface area contributed by atoms with Crippen LogP contribution in [-0.4, -0.2) is 42.0 Å². The maximum atomic E-state index is 12.4. The van der Waals surface area contributed by atoms with E-state index in [1.54, 1.807) is 0 Å². The van der Waals surface area contributed by atoms with Crippen LogP contribution in [0.3, 0.4) is 0 Å². The third-order valence-corrected chi connectivity index (χ3v) is 4.56. The number of hydrogen-bond acceptors (Lipinski definition) is 3. The van der Waals surface area contributed by atoms with Crippen molar-refractivity contribution in [3.8, 4) is 0 Å². The number of ether oxygens (including phenoxy) is 1. The lowest BCUT2D eigenvalue weighted by atomic mass is 10.1. The normalized spacial score (nSPS) is 24.2. The van der Waals surface area contributed by atoms with Gasteiger partial charge in [0.15, 0.2) is 0 Å². The van der Waals surface area contributed by atoms with Crippen LogP contribution in [0.25, 0.3) is 0 Å². The third-order valence-electron chi connectivity index (χ3n) is 4.56. The molecule has 0 unspecified atom stereocenters. The summed E-state index contributed by atoms with van der Waals surface area (Å²) in [4.78, 5) is 26.3. The van der Waals surface area contributed by atoms with Gasteiger partial charge in [0.1, 0.15) is 6.04 Å². The highest BCUT2D eigenvalue weighted by molar-refractivity contribution is 5.89. The quantitative estimate of drug-likeness (QED) is 0.901. The van der Waals surface area contributed by atoms with E-state index in [1.807, 2.05) is 24.0 Å². The molecule has 0 aliphatic carbocycles. The molecule has 2 aliphatic rings. The van der Waals surface area contributed by atoms with Gasteiger partial charge >= 0.3 is 0 Å². The Kier molecular flexibility index (Phi) is 4.96. The monoisotopic (exact) mass is 316 g/mol. The number of nitrogens with zero attached hydrogens (tertiary/aromatic N) is 1. The van der Waals surface area contributed by atoms with E-state index >= 15 is 0 Å². The molecule has 5 nitrogen and oxygen atoms in total. The minimum Gasteiger partial charge on any atom is -0.378 e. The van der Waals surface area contributed by atoms with Crippen molar-refractivity contribution >= 4 is 11.8 Å². The molecule has 124 valence electrons. The first-order valence-electron chi connectivity index (χ1n) is 8.37. The van der Waals surface area contributed by atoms with E-state index in [9.17, 15) is 9.59 Å². The van der Waals surface area contributed by atoms with E-state index in [0.29, 0.717) is 25.9 Å². The Bertz CT molecular complexity index is 564. The zero-order valence-electron chi connectivity index (χ0n) is 13.6. The Balaban J connectivity index is 1.49. The highest BCUT2D eigenvalue weighted by Crippen LogP contribution is 2.18. The number of likely N-dealkylation sites (tertiary alicyclic amines) is 1. The molecule has 1 aromatic rings. The molecule has 2 aliphatic heterocycles. The molecule has 0 bridgehead atoms. The molecule has 0 radical (unpaired) electrons. The van der Waals surface area contributed by atoms with E-state index in [-0.39, 0.29) is 24.0 Å². The molecule has 2 fully saturated rings. The van der Waals surface area contributed by atoms with Crippen LogP contribution < -0.4 is 5.32 Å². The fourth-order valence-corrected chi connectivity index (χ4v) is 3.21. The van der Waals surface area contributed by atoms with E-state index < -0.39 is 0 Å². The first-order chi connectivity index (χ1) is 11.1. The average Bonchev–Trinajstić information content (AvgIpc) is 3.14. The molecule has 3 rings (SSSR count). The summed E-state index contributed by atoms with van der Waals surface area (Å²) in [7, 11) is 0. The van der Waals surface area contributed by atoms with Crippen LogP contribution in [0.5, 0.6) is 0 Å². The summed E-state index contributed by atoms with van der Waals surface area (Å²) in [6.07, 6.45) is 3.02. The van der Waals surface area contributed by atoms with Gasteiger partial charge in [0.25, 0.3) is 0 Å². The summed E-state index contributed by atoms with van der Waals surface area (Å²) in [6, 6.07) is 7.82. The number of rotatable bonds is 5. The number of amides is 2. The molecule has 0 saturated carbocycles. The Morgan fingerprint density at radius 1 is 1.30 bits per heavy atom. The summed E-state index contributed by atoms with van der Waals surface area (Å²) in [5.41, 5.74) is 2.33. The van der Waals surface area contributed by atoms with Crippen molar-refractivity contribution in [2.24, 2.45) is 0 Å². The van der Waals surface area contributed by atoms with Gasteiger partial charge in [0.05, 0.1) is 12.5 Å². The second-order valence-corrected chi connectivity index (χ2v) is 6.49. The predicted octanol–water partition coefficient (Wildman–Crippen LogP) is 1.78. The van der Waals surface area contributed by atoms with Crippen molar-refractivity contribution in [3.63, 3.8) is 0 Å². The van der Waals surface area contributed by atoms with Gasteiger partial charge in [-0.15, -0.1) is 0 Å². The van der Waals surface area contributed by atoms with Crippen LogP contribution in [0, 0.1) is 6.92 Å². The lowest BCUT2D eigenvalue weighted by molar-refractivity contribution is -0.133. The first kappa shape index (κ1) is 16.0. The predicted molar refractivity (Wildman–Crippen MR) is 86.7 cm³/mol. The fourth-order valence-electron chi connectivity index (χ4n) is 3.21. The van der Waals surface area contributed by atoms with Gasteiger partial charge in [-0.25, -0.2) is 0 Å². The molecule has 2 heterocycles. The molecule has 2 amide bonds. The summed E-state index contributed by atoms with van der Waals surface area (Å²) in [5, 5.41) is 2.87. The van der Waals surface area contributed by atoms with Crippen molar-refractivity contribution in [1.82, 2.24) is 10.2 Å². The minimum atomic E-state index is -0.380. The van der Waals surface area contributed by atoms with Gasteiger partial charge in [-0.2, -0.15) is 0 Å². The third kappa shape index (κ3) is 4.10. The molecule has 2 saturated heterocycles. The van der Waals surface area contributed by atoms with Crippen LogP contribution >= 0.6 is 0 Å². The molecule has 5 heteroatoms.